The first-order valence-corrected chi connectivity index (χ1v) is 7.80. The van der Waals surface area contributed by atoms with E-state index in [1.54, 1.807) is 13.8 Å². The Morgan fingerprint density at radius 2 is 1.83 bits per heavy atom. The van der Waals surface area contributed by atoms with Gasteiger partial charge >= 0.3 is 5.97 Å². The zero-order valence-electron chi connectivity index (χ0n) is 14.4. The van der Waals surface area contributed by atoms with Gasteiger partial charge in [-0.15, -0.1) is 10.2 Å². The zero-order valence-corrected chi connectivity index (χ0v) is 14.4. The molecule has 1 N–H and O–H groups in total. The van der Waals surface area contributed by atoms with E-state index in [-0.39, 0.29) is 18.1 Å². The highest BCUT2D eigenvalue weighted by atomic mass is 16.5. The highest BCUT2D eigenvalue weighted by Crippen LogP contribution is 2.35. The van der Waals surface area contributed by atoms with Crippen molar-refractivity contribution >= 4 is 11.7 Å². The predicted octanol–water partition coefficient (Wildman–Crippen LogP) is 1.86. The van der Waals surface area contributed by atoms with Crippen LogP contribution in [0.4, 0.5) is 0 Å². The van der Waals surface area contributed by atoms with Gasteiger partial charge in [0.15, 0.2) is 5.82 Å². The van der Waals surface area contributed by atoms with E-state index in [4.69, 9.17) is 4.74 Å². The second-order valence-corrected chi connectivity index (χ2v) is 6.05. The molecule has 1 aliphatic heterocycles. The lowest BCUT2D eigenvalue weighted by Gasteiger charge is -2.18. The number of hydrogen-bond acceptors (Lipinski definition) is 6. The summed E-state index contributed by atoms with van der Waals surface area (Å²) >= 11 is 0. The van der Waals surface area contributed by atoms with Crippen molar-refractivity contribution < 1.29 is 14.6 Å². The highest BCUT2D eigenvalue weighted by molar-refractivity contribution is 6.10. The van der Waals surface area contributed by atoms with Gasteiger partial charge in [0.25, 0.3) is 5.60 Å². The lowest BCUT2D eigenvalue weighted by molar-refractivity contribution is -0.159. The van der Waals surface area contributed by atoms with Crippen molar-refractivity contribution in [1.29, 1.82) is 0 Å². The third-order valence-electron chi connectivity index (χ3n) is 4.21. The molecule has 2 heterocycles. The normalized spacial score (nSPS) is 19.2. The Kier molecular flexibility index (Phi) is 3.76. The molecule has 1 aliphatic rings. The summed E-state index contributed by atoms with van der Waals surface area (Å²) in [6.07, 6.45) is 0. The third kappa shape index (κ3) is 2.16. The molecule has 0 spiro atoms. The Morgan fingerprint density at radius 3 is 2.42 bits per heavy atom. The topological polar surface area (TPSA) is 89.6 Å². The molecule has 126 valence electrons. The molecule has 1 aromatic heterocycles. The highest BCUT2D eigenvalue weighted by Gasteiger charge is 2.52. The van der Waals surface area contributed by atoms with E-state index >= 15 is 0 Å². The molecule has 0 fully saturated rings. The zero-order chi connectivity index (χ0) is 17.6. The van der Waals surface area contributed by atoms with Crippen LogP contribution in [0.2, 0.25) is 0 Å². The number of fused-ring (bicyclic) bond motifs is 1. The fourth-order valence-electron chi connectivity index (χ4n) is 3.15. The largest absolute Gasteiger partial charge is 0.463 e. The van der Waals surface area contributed by atoms with Crippen molar-refractivity contribution in [3.05, 3.63) is 34.6 Å². The van der Waals surface area contributed by atoms with E-state index in [0.717, 1.165) is 22.3 Å². The standard InChI is InChI=1S/C17H20N4O3/c1-6-24-16(22)17(23)12(5)20-21-14(18-19-15(17)21)13-10(3)7-9(2)8-11(13)4/h7-8,23H,6H2,1-5H3. The molecular weight excluding hydrogens is 308 g/mol. The second kappa shape index (κ2) is 5.52. The SMILES string of the molecule is CCOC(=O)C1(O)C(C)=Nn2c(-c3c(C)cc(C)cc3C)nnc21. The van der Waals surface area contributed by atoms with Crippen LogP contribution < -0.4 is 0 Å². The molecule has 0 amide bonds. The summed E-state index contributed by atoms with van der Waals surface area (Å²) in [5, 5.41) is 23.3. The molecule has 2 aromatic rings. The first kappa shape index (κ1) is 16.3. The van der Waals surface area contributed by atoms with Gasteiger partial charge < -0.3 is 9.84 Å². The molecular formula is C17H20N4O3. The number of aryl methyl sites for hydroxylation is 3. The van der Waals surface area contributed by atoms with Crippen LogP contribution in [0.1, 0.15) is 36.4 Å². The molecule has 1 unspecified atom stereocenters. The van der Waals surface area contributed by atoms with E-state index in [1.165, 1.54) is 4.68 Å². The molecule has 0 saturated heterocycles. The number of rotatable bonds is 3. The molecule has 3 rings (SSSR count). The monoisotopic (exact) mass is 328 g/mol. The summed E-state index contributed by atoms with van der Waals surface area (Å²) in [5.74, 6) is -0.228. The van der Waals surface area contributed by atoms with Crippen molar-refractivity contribution in [3.63, 3.8) is 0 Å². The molecule has 1 atom stereocenters. The fourth-order valence-corrected chi connectivity index (χ4v) is 3.15. The Balaban J connectivity index is 2.18. The van der Waals surface area contributed by atoms with Crippen LogP contribution in [0.25, 0.3) is 11.4 Å². The molecule has 0 radical (unpaired) electrons. The first-order valence-electron chi connectivity index (χ1n) is 7.80. The van der Waals surface area contributed by atoms with Crippen LogP contribution in [-0.4, -0.2) is 38.3 Å². The third-order valence-corrected chi connectivity index (χ3v) is 4.21. The van der Waals surface area contributed by atoms with E-state index < -0.39 is 11.6 Å². The maximum absolute atomic E-state index is 12.2. The van der Waals surface area contributed by atoms with Crippen molar-refractivity contribution in [1.82, 2.24) is 14.9 Å². The lowest BCUT2D eigenvalue weighted by atomic mass is 9.98. The van der Waals surface area contributed by atoms with E-state index in [9.17, 15) is 9.90 Å². The maximum atomic E-state index is 12.2. The average molecular weight is 328 g/mol. The van der Waals surface area contributed by atoms with Crippen LogP contribution in [0.15, 0.2) is 17.2 Å². The molecule has 7 heteroatoms. The van der Waals surface area contributed by atoms with Gasteiger partial charge in [-0.1, -0.05) is 17.7 Å². The van der Waals surface area contributed by atoms with Crippen molar-refractivity contribution in [2.75, 3.05) is 6.61 Å². The van der Waals surface area contributed by atoms with E-state index in [1.807, 2.05) is 32.9 Å². The first-order chi connectivity index (χ1) is 11.3. The van der Waals surface area contributed by atoms with Crippen molar-refractivity contribution in [2.45, 2.75) is 40.2 Å². The average Bonchev–Trinajstić information content (AvgIpc) is 2.99. The molecule has 7 nitrogen and oxygen atoms in total. The number of esters is 1. The van der Waals surface area contributed by atoms with Gasteiger partial charge in [0.05, 0.1) is 12.3 Å². The number of hydrogen-bond donors (Lipinski definition) is 1. The lowest BCUT2D eigenvalue weighted by Crippen LogP contribution is -2.42. The number of aliphatic hydroxyl groups is 1. The number of carbonyl (C=O) groups excluding carboxylic acids is 1. The van der Waals surface area contributed by atoms with Crippen molar-refractivity contribution in [2.24, 2.45) is 5.10 Å². The van der Waals surface area contributed by atoms with Gasteiger partial charge in [-0.2, -0.15) is 9.78 Å². The second-order valence-electron chi connectivity index (χ2n) is 6.05. The number of aromatic nitrogens is 3. The van der Waals surface area contributed by atoms with Crippen LogP contribution in [0.3, 0.4) is 0 Å². The van der Waals surface area contributed by atoms with Crippen LogP contribution in [-0.2, 0) is 15.1 Å². The van der Waals surface area contributed by atoms with E-state index in [0.29, 0.717) is 5.82 Å². The number of ether oxygens (including phenoxy) is 1. The van der Waals surface area contributed by atoms with Gasteiger partial charge in [-0.05, 0) is 45.7 Å². The molecule has 0 aliphatic carbocycles. The van der Waals surface area contributed by atoms with Gasteiger partial charge in [0.1, 0.15) is 0 Å². The number of carbonyl (C=O) groups is 1. The van der Waals surface area contributed by atoms with Gasteiger partial charge in [0.2, 0.25) is 5.82 Å². The Labute approximate surface area is 140 Å². The van der Waals surface area contributed by atoms with Crippen LogP contribution in [0, 0.1) is 20.8 Å². The summed E-state index contributed by atoms with van der Waals surface area (Å²) < 4.78 is 6.41. The summed E-state index contributed by atoms with van der Waals surface area (Å²) in [4.78, 5) is 12.2. The summed E-state index contributed by atoms with van der Waals surface area (Å²) in [7, 11) is 0. The smallest absolute Gasteiger partial charge is 0.352 e. The minimum absolute atomic E-state index is 0.0628. The van der Waals surface area contributed by atoms with Crippen LogP contribution in [0.5, 0.6) is 0 Å². The minimum Gasteiger partial charge on any atom is -0.463 e. The predicted molar refractivity (Wildman–Crippen MR) is 88.7 cm³/mol. The Hall–Kier alpha value is -2.54. The number of nitrogens with zero attached hydrogens (tertiary/aromatic N) is 4. The molecule has 0 bridgehead atoms. The minimum atomic E-state index is -1.99. The molecule has 0 saturated carbocycles. The summed E-state index contributed by atoms with van der Waals surface area (Å²) in [6.45, 7) is 9.41. The summed E-state index contributed by atoms with van der Waals surface area (Å²) in [5.41, 5.74) is 2.33. The Bertz CT molecular complexity index is 846. The van der Waals surface area contributed by atoms with Crippen LogP contribution >= 0.6 is 0 Å². The summed E-state index contributed by atoms with van der Waals surface area (Å²) in [6, 6.07) is 4.10. The quantitative estimate of drug-likeness (QED) is 0.869. The fraction of sp³-hybridized carbons (Fsp3) is 0.412. The Morgan fingerprint density at radius 1 is 1.21 bits per heavy atom. The van der Waals surface area contributed by atoms with Gasteiger partial charge in [-0.3, -0.25) is 0 Å². The maximum Gasteiger partial charge on any atom is 0.352 e. The van der Waals surface area contributed by atoms with Gasteiger partial charge in [0, 0.05) is 5.56 Å². The molecule has 24 heavy (non-hydrogen) atoms. The number of benzene rings is 1. The molecule has 1 aromatic carbocycles. The van der Waals surface area contributed by atoms with Gasteiger partial charge in [-0.25, -0.2) is 4.79 Å². The van der Waals surface area contributed by atoms with Crippen molar-refractivity contribution in [3.8, 4) is 11.4 Å². The van der Waals surface area contributed by atoms with E-state index in [2.05, 4.69) is 15.3 Å².